The van der Waals surface area contributed by atoms with Crippen molar-refractivity contribution in [3.63, 3.8) is 0 Å². The number of ether oxygens (including phenoxy) is 1. The zero-order valence-corrected chi connectivity index (χ0v) is 18.2. The van der Waals surface area contributed by atoms with Gasteiger partial charge in [-0.2, -0.15) is 0 Å². The predicted molar refractivity (Wildman–Crippen MR) is 117 cm³/mol. The lowest BCUT2D eigenvalue weighted by atomic mass is 10.0. The molecular formula is C22H30N2O5S. The number of carbonyl (C=O) groups is 2. The number of aliphatic hydroxyl groups excluding tert-OH is 2. The van der Waals surface area contributed by atoms with Crippen molar-refractivity contribution in [1.29, 1.82) is 0 Å². The number of likely N-dealkylation sites (tertiary alicyclic amines) is 1. The Labute approximate surface area is 181 Å². The van der Waals surface area contributed by atoms with Crippen LogP contribution >= 0.6 is 11.3 Å². The highest BCUT2D eigenvalue weighted by Crippen LogP contribution is 2.25. The Morgan fingerprint density at radius 3 is 2.87 bits per heavy atom. The molecule has 3 atom stereocenters. The van der Waals surface area contributed by atoms with Crippen LogP contribution in [0.5, 0.6) is 0 Å². The molecule has 0 bridgehead atoms. The molecule has 0 spiro atoms. The first-order chi connectivity index (χ1) is 14.3. The molecule has 0 saturated carbocycles. The first-order valence-corrected chi connectivity index (χ1v) is 10.8. The number of allylic oxidation sites excluding steroid dienone is 3. The maximum atomic E-state index is 12.7. The first-order valence-electron chi connectivity index (χ1n) is 9.89. The van der Waals surface area contributed by atoms with Crippen LogP contribution in [-0.4, -0.2) is 65.4 Å². The summed E-state index contributed by atoms with van der Waals surface area (Å²) in [5.41, 5.74) is 0.711. The molecule has 2 rings (SSSR count). The van der Waals surface area contributed by atoms with Gasteiger partial charge in [-0.1, -0.05) is 24.8 Å². The summed E-state index contributed by atoms with van der Waals surface area (Å²) in [5.74, 6) is -0.694. The lowest BCUT2D eigenvalue weighted by Crippen LogP contribution is -2.52. The van der Waals surface area contributed by atoms with Crippen molar-refractivity contribution in [2.45, 2.75) is 44.4 Å². The summed E-state index contributed by atoms with van der Waals surface area (Å²) < 4.78 is 5.06. The molecule has 30 heavy (non-hydrogen) atoms. The van der Waals surface area contributed by atoms with Gasteiger partial charge in [-0.3, -0.25) is 9.59 Å². The lowest BCUT2D eigenvalue weighted by Gasteiger charge is -2.28. The van der Waals surface area contributed by atoms with Crippen molar-refractivity contribution in [2.24, 2.45) is 0 Å². The van der Waals surface area contributed by atoms with Gasteiger partial charge in [-0.25, -0.2) is 0 Å². The molecule has 2 amide bonds. The number of methoxy groups -OCH3 is 1. The normalized spacial score (nSPS) is 19.0. The molecular weight excluding hydrogens is 404 g/mol. The molecule has 8 heteroatoms. The Hall–Kier alpha value is -2.42. The fourth-order valence-electron chi connectivity index (χ4n) is 3.22. The molecule has 2 heterocycles. The van der Waals surface area contributed by atoms with E-state index in [0.29, 0.717) is 31.5 Å². The van der Waals surface area contributed by atoms with Gasteiger partial charge in [0.15, 0.2) is 12.2 Å². The topological polar surface area (TPSA) is 99.1 Å². The molecule has 1 fully saturated rings. The standard InChI is InChI=1S/C22H30N2O5S/c1-15(7-4-8-16(2)29-3)18-10-5-13-24(18)22(28)20(26)19(25)21(27)23-12-11-17-9-6-14-30-17/h4,6-9,14,18-20,25-26H,1,5,10-13H2,2-3H3,(H,23,27)/b7-4-,16-8+. The SMILES string of the molecule is C=C(/C=C\C=C(/C)OC)C1CCCN1C(=O)C(O)C(O)C(=O)NCCc1cccs1. The second-order valence-electron chi connectivity index (χ2n) is 7.12. The van der Waals surface area contributed by atoms with E-state index in [-0.39, 0.29) is 6.04 Å². The fourth-order valence-corrected chi connectivity index (χ4v) is 3.93. The number of hydrogen-bond donors (Lipinski definition) is 3. The number of hydrogen-bond acceptors (Lipinski definition) is 6. The molecule has 0 radical (unpaired) electrons. The summed E-state index contributed by atoms with van der Waals surface area (Å²) in [4.78, 5) is 27.5. The van der Waals surface area contributed by atoms with E-state index in [0.717, 1.165) is 17.1 Å². The van der Waals surface area contributed by atoms with Crippen LogP contribution in [0.1, 0.15) is 24.6 Å². The Morgan fingerprint density at radius 2 is 2.20 bits per heavy atom. The number of rotatable bonds is 10. The van der Waals surface area contributed by atoms with Crippen LogP contribution in [0.3, 0.4) is 0 Å². The van der Waals surface area contributed by atoms with E-state index in [2.05, 4.69) is 11.9 Å². The number of thiophene rings is 1. The van der Waals surface area contributed by atoms with Gasteiger partial charge in [-0.15, -0.1) is 11.3 Å². The van der Waals surface area contributed by atoms with E-state index in [1.54, 1.807) is 36.7 Å². The Balaban J connectivity index is 1.90. The molecule has 0 aliphatic carbocycles. The Bertz CT molecular complexity index is 787. The molecule has 1 saturated heterocycles. The number of amides is 2. The van der Waals surface area contributed by atoms with E-state index in [1.165, 1.54) is 4.90 Å². The number of nitrogens with zero attached hydrogens (tertiary/aromatic N) is 1. The first kappa shape index (κ1) is 23.9. The van der Waals surface area contributed by atoms with Crippen molar-refractivity contribution < 1.29 is 24.5 Å². The molecule has 1 aromatic rings. The summed E-state index contributed by atoms with van der Waals surface area (Å²) in [6, 6.07) is 3.59. The van der Waals surface area contributed by atoms with Gasteiger partial charge in [0.1, 0.15) is 0 Å². The molecule has 7 nitrogen and oxygen atoms in total. The van der Waals surface area contributed by atoms with E-state index in [9.17, 15) is 19.8 Å². The van der Waals surface area contributed by atoms with Crippen LogP contribution in [0, 0.1) is 0 Å². The average Bonchev–Trinajstić information content (AvgIpc) is 3.43. The van der Waals surface area contributed by atoms with Crippen molar-refractivity contribution in [2.75, 3.05) is 20.2 Å². The zero-order valence-electron chi connectivity index (χ0n) is 17.4. The van der Waals surface area contributed by atoms with Gasteiger partial charge < -0.3 is 25.2 Å². The van der Waals surface area contributed by atoms with Gasteiger partial charge in [0.25, 0.3) is 11.8 Å². The second-order valence-corrected chi connectivity index (χ2v) is 8.15. The van der Waals surface area contributed by atoms with E-state index in [4.69, 9.17) is 4.74 Å². The monoisotopic (exact) mass is 434 g/mol. The van der Waals surface area contributed by atoms with Gasteiger partial charge in [0.05, 0.1) is 18.9 Å². The number of nitrogens with one attached hydrogen (secondary N) is 1. The Kier molecular flexibility index (Phi) is 9.29. The van der Waals surface area contributed by atoms with Gasteiger partial charge in [0, 0.05) is 18.0 Å². The minimum absolute atomic E-state index is 0.284. The maximum absolute atomic E-state index is 12.7. The van der Waals surface area contributed by atoms with E-state index < -0.39 is 24.0 Å². The predicted octanol–water partition coefficient (Wildman–Crippen LogP) is 1.78. The minimum atomic E-state index is -1.82. The summed E-state index contributed by atoms with van der Waals surface area (Å²) in [7, 11) is 1.58. The number of aliphatic hydroxyl groups is 2. The van der Waals surface area contributed by atoms with Crippen LogP contribution in [0.25, 0.3) is 0 Å². The minimum Gasteiger partial charge on any atom is -0.501 e. The molecule has 0 aromatic carbocycles. The average molecular weight is 435 g/mol. The summed E-state index contributed by atoms with van der Waals surface area (Å²) >= 11 is 1.57. The quantitative estimate of drug-likeness (QED) is 0.385. The van der Waals surface area contributed by atoms with Crippen molar-refractivity contribution >= 4 is 23.2 Å². The van der Waals surface area contributed by atoms with E-state index >= 15 is 0 Å². The van der Waals surface area contributed by atoms with Crippen LogP contribution < -0.4 is 5.32 Å². The maximum Gasteiger partial charge on any atom is 0.255 e. The highest BCUT2D eigenvalue weighted by atomic mass is 32.1. The summed E-state index contributed by atoms with van der Waals surface area (Å²) in [6.45, 7) is 6.60. The zero-order chi connectivity index (χ0) is 22.1. The van der Waals surface area contributed by atoms with Crippen LogP contribution in [-0.2, 0) is 20.7 Å². The second kappa shape index (κ2) is 11.7. The molecule has 1 aliphatic rings. The molecule has 164 valence electrons. The largest absolute Gasteiger partial charge is 0.501 e. The molecule has 1 aromatic heterocycles. The van der Waals surface area contributed by atoms with Crippen molar-refractivity contribution in [3.05, 3.63) is 58.5 Å². The van der Waals surface area contributed by atoms with Crippen LogP contribution in [0.2, 0.25) is 0 Å². The Morgan fingerprint density at radius 1 is 1.43 bits per heavy atom. The number of carbonyl (C=O) groups excluding carboxylic acids is 2. The van der Waals surface area contributed by atoms with Gasteiger partial charge in [0.2, 0.25) is 0 Å². The van der Waals surface area contributed by atoms with Crippen molar-refractivity contribution in [1.82, 2.24) is 10.2 Å². The van der Waals surface area contributed by atoms with Crippen LogP contribution in [0.4, 0.5) is 0 Å². The molecule has 3 N–H and O–H groups in total. The smallest absolute Gasteiger partial charge is 0.255 e. The van der Waals surface area contributed by atoms with E-state index in [1.807, 2.05) is 24.4 Å². The lowest BCUT2D eigenvalue weighted by molar-refractivity contribution is -0.153. The molecule has 1 aliphatic heterocycles. The summed E-state index contributed by atoms with van der Waals surface area (Å²) in [5, 5.41) is 25.0. The third kappa shape index (κ3) is 6.55. The van der Waals surface area contributed by atoms with Crippen LogP contribution in [0.15, 0.2) is 53.7 Å². The van der Waals surface area contributed by atoms with Gasteiger partial charge >= 0.3 is 0 Å². The fraction of sp³-hybridized carbons (Fsp3) is 0.455. The third-order valence-electron chi connectivity index (χ3n) is 5.00. The highest BCUT2D eigenvalue weighted by Gasteiger charge is 2.38. The van der Waals surface area contributed by atoms with Gasteiger partial charge in [-0.05, 0) is 49.3 Å². The third-order valence-corrected chi connectivity index (χ3v) is 5.93. The summed E-state index contributed by atoms with van der Waals surface area (Å²) in [6.07, 6.45) is 3.80. The molecule has 3 unspecified atom stereocenters. The van der Waals surface area contributed by atoms with Crippen molar-refractivity contribution in [3.8, 4) is 0 Å². The highest BCUT2D eigenvalue weighted by molar-refractivity contribution is 7.09.